The molecule has 0 N–H and O–H groups in total. The number of benzene rings is 1. The van der Waals surface area contributed by atoms with E-state index in [4.69, 9.17) is 23.2 Å². The van der Waals surface area contributed by atoms with Gasteiger partial charge in [0, 0.05) is 11.5 Å². The molecule has 9 heteroatoms. The van der Waals surface area contributed by atoms with Crippen molar-refractivity contribution in [2.24, 2.45) is 0 Å². The molecule has 0 aliphatic carbocycles. The van der Waals surface area contributed by atoms with Crippen LogP contribution in [0.15, 0.2) is 24.4 Å². The average Bonchev–Trinajstić information content (AvgIpc) is 2.58. The van der Waals surface area contributed by atoms with Gasteiger partial charge in [0.05, 0.1) is 23.7 Å². The molecule has 1 aromatic heterocycles. The van der Waals surface area contributed by atoms with Gasteiger partial charge in [0.2, 0.25) is 0 Å². The van der Waals surface area contributed by atoms with E-state index in [0.717, 1.165) is 4.09 Å². The Morgan fingerprint density at radius 3 is 2.72 bits per heavy atom. The lowest BCUT2D eigenvalue weighted by Crippen LogP contribution is -2.04. The quantitative estimate of drug-likeness (QED) is 0.791. The summed E-state index contributed by atoms with van der Waals surface area (Å²) in [5.74, 6) is -0.0616. The molecule has 0 radical (unpaired) electrons. The molecule has 0 atom stereocenters. The third-order valence-electron chi connectivity index (χ3n) is 1.92. The number of fused-ring (bicyclic) bond motifs is 1. The molecule has 0 spiro atoms. The van der Waals surface area contributed by atoms with Crippen molar-refractivity contribution < 1.29 is 17.9 Å². The zero-order chi connectivity index (χ0) is 13.3. The van der Waals surface area contributed by atoms with Gasteiger partial charge in [-0.2, -0.15) is 18.3 Å². The van der Waals surface area contributed by atoms with E-state index in [1.54, 1.807) is 0 Å². The summed E-state index contributed by atoms with van der Waals surface area (Å²) in [6.45, 7) is -2.94. The maximum Gasteiger partial charge on any atom is 0.387 e. The van der Waals surface area contributed by atoms with Gasteiger partial charge in [-0.1, -0.05) is 23.2 Å². The Hall–Kier alpha value is -0.790. The van der Waals surface area contributed by atoms with Gasteiger partial charge in [-0.15, -0.1) is 0 Å². The fourth-order valence-corrected chi connectivity index (χ4v) is 2.26. The molecule has 0 unspecified atom stereocenters. The van der Waals surface area contributed by atoms with Crippen molar-refractivity contribution in [3.05, 3.63) is 24.4 Å². The van der Waals surface area contributed by atoms with Crippen molar-refractivity contribution in [3.63, 3.8) is 0 Å². The molecule has 0 saturated carbocycles. The number of halogens is 5. The zero-order valence-electron chi connectivity index (χ0n) is 8.49. The molecule has 0 aliphatic heterocycles. The highest BCUT2D eigenvalue weighted by Crippen LogP contribution is 2.38. The Labute approximate surface area is 114 Å². The molecule has 1 aromatic carbocycles. The summed E-state index contributed by atoms with van der Waals surface area (Å²) in [5.41, 5.74) is 0.362. The first kappa shape index (κ1) is 13.6. The Balaban J connectivity index is 2.37. The monoisotopic (exact) mass is 316 g/mol. The first-order valence-corrected chi connectivity index (χ1v) is 6.07. The van der Waals surface area contributed by atoms with Gasteiger partial charge < -0.3 is 4.74 Å². The van der Waals surface area contributed by atoms with Crippen molar-refractivity contribution >= 4 is 46.1 Å². The normalized spacial score (nSPS) is 12.3. The molecule has 0 bridgehead atoms. The summed E-state index contributed by atoms with van der Waals surface area (Å²) in [5, 5.41) is 4.44. The minimum absolute atomic E-state index is 0.0616. The van der Waals surface area contributed by atoms with Crippen LogP contribution >= 0.6 is 35.1 Å². The predicted molar refractivity (Wildman–Crippen MR) is 64.9 cm³/mol. The van der Waals surface area contributed by atoms with Gasteiger partial charge in [0.15, 0.2) is 0 Å². The summed E-state index contributed by atoms with van der Waals surface area (Å²) >= 11 is 10.8. The van der Waals surface area contributed by atoms with Crippen LogP contribution < -0.4 is 4.74 Å². The zero-order valence-corrected chi connectivity index (χ0v) is 10.8. The maximum absolute atomic E-state index is 13.1. The second kappa shape index (κ2) is 5.07. The highest BCUT2D eigenvalue weighted by Gasteiger charge is 2.26. The number of alkyl halides is 5. The van der Waals surface area contributed by atoms with Gasteiger partial charge in [-0.3, -0.25) is 0 Å². The van der Waals surface area contributed by atoms with Crippen LogP contribution in [0.3, 0.4) is 0 Å². The second-order valence-electron chi connectivity index (χ2n) is 3.15. The maximum atomic E-state index is 13.1. The van der Waals surface area contributed by atoms with Crippen molar-refractivity contribution in [2.45, 2.75) is 10.5 Å². The van der Waals surface area contributed by atoms with Gasteiger partial charge in [-0.25, -0.2) is 4.09 Å². The fraction of sp³-hybridized carbons (Fsp3) is 0.222. The highest BCUT2D eigenvalue weighted by molar-refractivity contribution is 8.01. The van der Waals surface area contributed by atoms with Crippen LogP contribution in [-0.4, -0.2) is 19.7 Å². The number of aromatic nitrogens is 2. The largest absolute Gasteiger partial charge is 0.435 e. The Kier molecular flexibility index (Phi) is 3.84. The smallest absolute Gasteiger partial charge is 0.387 e. The molecule has 3 nitrogen and oxygen atoms in total. The first-order chi connectivity index (χ1) is 8.35. The van der Waals surface area contributed by atoms with Crippen molar-refractivity contribution in [3.8, 4) is 5.75 Å². The summed E-state index contributed by atoms with van der Waals surface area (Å²) < 4.78 is 40.0. The Morgan fingerprint density at radius 2 is 2.11 bits per heavy atom. The Morgan fingerprint density at radius 1 is 1.39 bits per heavy atom. The van der Waals surface area contributed by atoms with E-state index in [1.165, 1.54) is 24.4 Å². The Bertz CT molecular complexity index is 558. The van der Waals surface area contributed by atoms with Crippen LogP contribution in [0.5, 0.6) is 5.75 Å². The van der Waals surface area contributed by atoms with Crippen LogP contribution in [0.2, 0.25) is 0 Å². The molecule has 0 saturated heterocycles. The number of hydrogen-bond acceptors (Lipinski definition) is 3. The molecule has 2 rings (SSSR count). The van der Waals surface area contributed by atoms with E-state index in [2.05, 4.69) is 9.84 Å². The molecule has 18 heavy (non-hydrogen) atoms. The fourth-order valence-electron chi connectivity index (χ4n) is 1.32. The van der Waals surface area contributed by atoms with Gasteiger partial charge in [0.1, 0.15) is 5.75 Å². The molecular formula is C9H5Cl2F3N2OS. The summed E-state index contributed by atoms with van der Waals surface area (Å²) in [6, 6.07) is 4.16. The summed E-state index contributed by atoms with van der Waals surface area (Å²) in [7, 11) is 0. The van der Waals surface area contributed by atoms with Gasteiger partial charge in [0.25, 0.3) is 0 Å². The van der Waals surface area contributed by atoms with Crippen molar-refractivity contribution in [1.82, 2.24) is 9.19 Å². The van der Waals surface area contributed by atoms with Crippen LogP contribution in [0.4, 0.5) is 13.2 Å². The molecule has 98 valence electrons. The average molecular weight is 317 g/mol. The molecule has 1 heterocycles. The highest BCUT2D eigenvalue weighted by atomic mass is 35.5. The van der Waals surface area contributed by atoms with Crippen LogP contribution in [-0.2, 0) is 0 Å². The van der Waals surface area contributed by atoms with Crippen molar-refractivity contribution in [2.75, 3.05) is 0 Å². The van der Waals surface area contributed by atoms with Gasteiger partial charge >= 0.3 is 10.5 Å². The molecule has 0 aliphatic rings. The van der Waals surface area contributed by atoms with Crippen molar-refractivity contribution in [1.29, 1.82) is 0 Å². The van der Waals surface area contributed by atoms with E-state index in [0.29, 0.717) is 22.9 Å². The lowest BCUT2D eigenvalue weighted by Gasteiger charge is -2.09. The molecule has 2 aromatic rings. The molecular weight excluding hydrogens is 312 g/mol. The second-order valence-corrected chi connectivity index (χ2v) is 5.93. The summed E-state index contributed by atoms with van der Waals surface area (Å²) in [4.78, 5) is 0. The predicted octanol–water partition coefficient (Wildman–Crippen LogP) is 4.19. The van der Waals surface area contributed by atoms with Crippen LogP contribution in [0.1, 0.15) is 0 Å². The number of ether oxygens (including phenoxy) is 1. The topological polar surface area (TPSA) is 27.1 Å². The SMILES string of the molecule is FC(F)Oc1ccc2cnn(SC(F)(Cl)Cl)c2c1. The number of rotatable bonds is 4. The minimum Gasteiger partial charge on any atom is -0.435 e. The lowest BCUT2D eigenvalue weighted by molar-refractivity contribution is -0.0497. The number of nitrogens with zero attached hydrogens (tertiary/aromatic N) is 2. The van der Waals surface area contributed by atoms with Crippen LogP contribution in [0, 0.1) is 0 Å². The third-order valence-corrected chi connectivity index (χ3v) is 3.01. The standard InChI is InChI=1S/C9H5Cl2F3N2OS/c10-9(11,14)18-16-7-3-6(17-8(12)13)2-1-5(7)4-15-16/h1-4,8H. The third kappa shape index (κ3) is 3.37. The van der Waals surface area contributed by atoms with E-state index >= 15 is 0 Å². The molecule has 0 fully saturated rings. The van der Waals surface area contributed by atoms with Crippen LogP contribution in [0.25, 0.3) is 10.9 Å². The van der Waals surface area contributed by atoms with E-state index in [-0.39, 0.29) is 5.75 Å². The summed E-state index contributed by atoms with van der Waals surface area (Å²) in [6.07, 6.45) is 1.42. The minimum atomic E-state index is -2.94. The van der Waals surface area contributed by atoms with E-state index in [9.17, 15) is 13.2 Å². The first-order valence-electron chi connectivity index (χ1n) is 4.54. The van der Waals surface area contributed by atoms with Gasteiger partial charge in [-0.05, 0) is 12.1 Å². The lowest BCUT2D eigenvalue weighted by atomic mass is 10.2. The van der Waals surface area contributed by atoms with E-state index in [1.807, 2.05) is 0 Å². The van der Waals surface area contributed by atoms with E-state index < -0.39 is 10.5 Å². The number of hydrogen-bond donors (Lipinski definition) is 0. The molecule has 0 amide bonds.